The van der Waals surface area contributed by atoms with Crippen LogP contribution in [-0.4, -0.2) is 49.2 Å². The number of amides is 1. The number of hydrogen-bond acceptors (Lipinski definition) is 4. The molecule has 0 aromatic heterocycles. The number of sulfonamides is 1. The van der Waals surface area contributed by atoms with E-state index in [0.717, 1.165) is 18.4 Å². The van der Waals surface area contributed by atoms with Crippen LogP contribution in [0.5, 0.6) is 0 Å². The van der Waals surface area contributed by atoms with Gasteiger partial charge in [0.25, 0.3) is 0 Å². The van der Waals surface area contributed by atoms with Crippen molar-refractivity contribution in [3.8, 4) is 0 Å². The Balaban J connectivity index is 1.62. The van der Waals surface area contributed by atoms with E-state index < -0.39 is 10.0 Å². The normalized spacial score (nSPS) is 24.0. The Morgan fingerprint density at radius 2 is 1.47 bits per heavy atom. The van der Waals surface area contributed by atoms with Gasteiger partial charge in [0.2, 0.25) is 15.9 Å². The molecule has 30 heavy (non-hydrogen) atoms. The van der Waals surface area contributed by atoms with Gasteiger partial charge in [-0.1, -0.05) is 48.5 Å². The number of nitrogens with two attached hydrogens (primary N) is 1. The first-order chi connectivity index (χ1) is 14.5. The topological polar surface area (TPSA) is 83.7 Å². The molecule has 2 aliphatic heterocycles. The van der Waals surface area contributed by atoms with E-state index in [4.69, 9.17) is 5.73 Å². The van der Waals surface area contributed by atoms with Crippen molar-refractivity contribution in [2.75, 3.05) is 19.6 Å². The van der Waals surface area contributed by atoms with Crippen LogP contribution in [0.15, 0.2) is 65.6 Å². The van der Waals surface area contributed by atoms with Crippen LogP contribution >= 0.6 is 0 Å². The second-order valence-electron chi connectivity index (χ2n) is 8.25. The number of likely N-dealkylation sites (tertiary alicyclic amines) is 1. The van der Waals surface area contributed by atoms with E-state index in [-0.39, 0.29) is 35.3 Å². The van der Waals surface area contributed by atoms with Crippen molar-refractivity contribution in [2.45, 2.75) is 42.7 Å². The lowest BCUT2D eigenvalue weighted by Gasteiger charge is -2.40. The quantitative estimate of drug-likeness (QED) is 0.813. The molecule has 2 aliphatic rings. The zero-order chi connectivity index (χ0) is 21.1. The zero-order valence-electron chi connectivity index (χ0n) is 17.1. The van der Waals surface area contributed by atoms with Gasteiger partial charge in [0.05, 0.1) is 16.9 Å². The molecule has 2 fully saturated rings. The van der Waals surface area contributed by atoms with E-state index in [1.807, 2.05) is 35.2 Å². The SMILES string of the molecule is NC1CCN(C(=O)C2CCC(c3ccccc3)N(S(=O)(=O)c3ccccc3)C2)CC1. The van der Waals surface area contributed by atoms with E-state index in [0.29, 0.717) is 25.9 Å². The summed E-state index contributed by atoms with van der Waals surface area (Å²) in [7, 11) is -3.72. The molecule has 0 bridgehead atoms. The first kappa shape index (κ1) is 21.0. The summed E-state index contributed by atoms with van der Waals surface area (Å²) in [5.41, 5.74) is 6.94. The van der Waals surface area contributed by atoms with Gasteiger partial charge < -0.3 is 10.6 Å². The Morgan fingerprint density at radius 3 is 2.10 bits per heavy atom. The van der Waals surface area contributed by atoms with Gasteiger partial charge in [-0.15, -0.1) is 0 Å². The number of carbonyl (C=O) groups is 1. The minimum atomic E-state index is -3.72. The van der Waals surface area contributed by atoms with Crippen molar-refractivity contribution in [3.63, 3.8) is 0 Å². The Morgan fingerprint density at radius 1 is 0.867 bits per heavy atom. The second kappa shape index (κ2) is 8.88. The Kier molecular flexibility index (Phi) is 6.22. The van der Waals surface area contributed by atoms with E-state index >= 15 is 0 Å². The molecule has 0 radical (unpaired) electrons. The van der Waals surface area contributed by atoms with Crippen LogP contribution in [0.3, 0.4) is 0 Å². The van der Waals surface area contributed by atoms with Crippen molar-refractivity contribution in [1.29, 1.82) is 0 Å². The summed E-state index contributed by atoms with van der Waals surface area (Å²) in [6, 6.07) is 18.1. The summed E-state index contributed by atoms with van der Waals surface area (Å²) >= 11 is 0. The van der Waals surface area contributed by atoms with Gasteiger partial charge in [0.1, 0.15) is 0 Å². The molecule has 2 heterocycles. The molecule has 7 heteroatoms. The van der Waals surface area contributed by atoms with Gasteiger partial charge in [-0.3, -0.25) is 4.79 Å². The van der Waals surface area contributed by atoms with Crippen molar-refractivity contribution < 1.29 is 13.2 Å². The monoisotopic (exact) mass is 427 g/mol. The van der Waals surface area contributed by atoms with Crippen molar-refractivity contribution in [3.05, 3.63) is 66.2 Å². The van der Waals surface area contributed by atoms with Crippen LogP contribution in [0.4, 0.5) is 0 Å². The Labute approximate surface area is 178 Å². The van der Waals surface area contributed by atoms with Crippen LogP contribution < -0.4 is 5.73 Å². The fraction of sp³-hybridized carbons (Fsp3) is 0.435. The van der Waals surface area contributed by atoms with Gasteiger partial charge in [0, 0.05) is 25.7 Å². The van der Waals surface area contributed by atoms with Crippen LogP contribution in [0.25, 0.3) is 0 Å². The molecule has 2 aromatic rings. The van der Waals surface area contributed by atoms with E-state index in [1.54, 1.807) is 34.6 Å². The molecule has 2 N–H and O–H groups in total. The molecule has 6 nitrogen and oxygen atoms in total. The van der Waals surface area contributed by atoms with Crippen molar-refractivity contribution in [1.82, 2.24) is 9.21 Å². The minimum Gasteiger partial charge on any atom is -0.342 e. The molecule has 2 aromatic carbocycles. The highest BCUT2D eigenvalue weighted by Crippen LogP contribution is 2.38. The molecular weight excluding hydrogens is 398 g/mol. The highest BCUT2D eigenvalue weighted by atomic mass is 32.2. The molecule has 2 saturated heterocycles. The summed E-state index contributed by atoms with van der Waals surface area (Å²) in [6.45, 7) is 1.52. The van der Waals surface area contributed by atoms with Gasteiger partial charge >= 0.3 is 0 Å². The number of nitrogens with zero attached hydrogens (tertiary/aromatic N) is 2. The van der Waals surface area contributed by atoms with Gasteiger partial charge in [-0.2, -0.15) is 4.31 Å². The minimum absolute atomic E-state index is 0.0571. The lowest BCUT2D eigenvalue weighted by molar-refractivity contribution is -0.138. The second-order valence-corrected chi connectivity index (χ2v) is 10.1. The molecule has 2 unspecified atom stereocenters. The maximum absolute atomic E-state index is 13.5. The van der Waals surface area contributed by atoms with Crippen LogP contribution in [0.1, 0.15) is 37.3 Å². The smallest absolute Gasteiger partial charge is 0.243 e. The maximum Gasteiger partial charge on any atom is 0.243 e. The van der Waals surface area contributed by atoms with Gasteiger partial charge in [-0.05, 0) is 43.4 Å². The lowest BCUT2D eigenvalue weighted by Crippen LogP contribution is -2.50. The Bertz CT molecular complexity index is 958. The largest absolute Gasteiger partial charge is 0.342 e. The first-order valence-electron chi connectivity index (χ1n) is 10.6. The van der Waals surface area contributed by atoms with E-state index in [1.165, 1.54) is 0 Å². The molecule has 1 amide bonds. The highest BCUT2D eigenvalue weighted by Gasteiger charge is 2.41. The summed E-state index contributed by atoms with van der Waals surface area (Å²) in [5.74, 6) is -0.264. The predicted molar refractivity (Wildman–Crippen MR) is 116 cm³/mol. The number of benzene rings is 2. The molecule has 160 valence electrons. The van der Waals surface area contributed by atoms with Crippen LogP contribution in [-0.2, 0) is 14.8 Å². The molecule has 2 atom stereocenters. The fourth-order valence-electron chi connectivity index (χ4n) is 4.52. The summed E-state index contributed by atoms with van der Waals surface area (Å²) in [6.07, 6.45) is 2.91. The average molecular weight is 428 g/mol. The Hall–Kier alpha value is -2.22. The highest BCUT2D eigenvalue weighted by molar-refractivity contribution is 7.89. The third kappa shape index (κ3) is 4.29. The molecule has 0 saturated carbocycles. The molecule has 0 spiro atoms. The molecule has 0 aliphatic carbocycles. The number of hydrogen-bond donors (Lipinski definition) is 1. The third-order valence-electron chi connectivity index (χ3n) is 6.27. The average Bonchev–Trinajstić information content (AvgIpc) is 2.80. The summed E-state index contributed by atoms with van der Waals surface area (Å²) in [5, 5.41) is 0. The third-order valence-corrected chi connectivity index (χ3v) is 8.16. The molecule has 4 rings (SSSR count). The van der Waals surface area contributed by atoms with Gasteiger partial charge in [0.15, 0.2) is 0 Å². The number of piperidine rings is 2. The standard InChI is InChI=1S/C23H29N3O3S/c24-20-13-15-25(16-14-20)23(27)19-11-12-22(18-7-3-1-4-8-18)26(17-19)30(28,29)21-9-5-2-6-10-21/h1-10,19-20,22H,11-17,24H2. The predicted octanol–water partition coefficient (Wildman–Crippen LogP) is 2.78. The first-order valence-corrected chi connectivity index (χ1v) is 12.1. The number of carbonyl (C=O) groups excluding carboxylic acids is 1. The summed E-state index contributed by atoms with van der Waals surface area (Å²) < 4.78 is 28.6. The number of rotatable bonds is 4. The summed E-state index contributed by atoms with van der Waals surface area (Å²) in [4.78, 5) is 15.3. The van der Waals surface area contributed by atoms with E-state index in [9.17, 15) is 13.2 Å². The van der Waals surface area contributed by atoms with Crippen molar-refractivity contribution >= 4 is 15.9 Å². The van der Waals surface area contributed by atoms with E-state index in [2.05, 4.69) is 0 Å². The lowest BCUT2D eigenvalue weighted by atomic mass is 9.89. The maximum atomic E-state index is 13.5. The van der Waals surface area contributed by atoms with Crippen molar-refractivity contribution in [2.24, 2.45) is 11.7 Å². The zero-order valence-corrected chi connectivity index (χ0v) is 17.9. The van der Waals surface area contributed by atoms with Crippen LogP contribution in [0, 0.1) is 5.92 Å². The fourth-order valence-corrected chi connectivity index (χ4v) is 6.23. The molecular formula is C23H29N3O3S. The van der Waals surface area contributed by atoms with Gasteiger partial charge in [-0.25, -0.2) is 8.42 Å². The van der Waals surface area contributed by atoms with Crippen LogP contribution in [0.2, 0.25) is 0 Å².